The van der Waals surface area contributed by atoms with Gasteiger partial charge in [-0.05, 0) is 19.1 Å². The Hall–Kier alpha value is -1.91. The Balaban J connectivity index is 2.79. The molecule has 0 bridgehead atoms. The van der Waals surface area contributed by atoms with E-state index >= 15 is 0 Å². The van der Waals surface area contributed by atoms with Gasteiger partial charge in [-0.2, -0.15) is 0 Å². The molecule has 0 aliphatic carbocycles. The number of pyridine rings is 1. The van der Waals surface area contributed by atoms with Crippen molar-refractivity contribution in [2.75, 3.05) is 26.5 Å². The molecule has 5 heteroatoms. The molecular weight excluding hydrogens is 204 g/mol. The highest BCUT2D eigenvalue weighted by molar-refractivity contribution is 5.95. The first-order chi connectivity index (χ1) is 7.54. The third-order valence-corrected chi connectivity index (χ3v) is 2.06. The maximum atomic E-state index is 11.6. The van der Waals surface area contributed by atoms with Gasteiger partial charge in [0.1, 0.15) is 5.82 Å². The number of rotatable bonds is 2. The van der Waals surface area contributed by atoms with Gasteiger partial charge in [0.05, 0.1) is 11.4 Å². The van der Waals surface area contributed by atoms with Gasteiger partial charge in [-0.15, -0.1) is 0 Å². The van der Waals surface area contributed by atoms with Crippen LogP contribution in [-0.4, -0.2) is 42.8 Å². The minimum absolute atomic E-state index is 0.0556. The fourth-order valence-corrected chi connectivity index (χ4v) is 1.09. The number of nitrogens with one attached hydrogen (secondary N) is 1. The summed E-state index contributed by atoms with van der Waals surface area (Å²) in [6.45, 7) is 1.85. The van der Waals surface area contributed by atoms with Gasteiger partial charge in [-0.25, -0.2) is 4.98 Å². The molecule has 5 nitrogen and oxygen atoms in total. The Morgan fingerprint density at radius 3 is 2.56 bits per heavy atom. The molecule has 0 aliphatic rings. The monoisotopic (exact) mass is 220 g/mol. The van der Waals surface area contributed by atoms with Crippen LogP contribution in [0, 0.1) is 0 Å². The van der Waals surface area contributed by atoms with E-state index in [-0.39, 0.29) is 5.91 Å². The Labute approximate surface area is 95.2 Å². The molecule has 1 N–H and O–H groups in total. The fourth-order valence-electron chi connectivity index (χ4n) is 1.09. The van der Waals surface area contributed by atoms with Crippen LogP contribution in [0.15, 0.2) is 23.3 Å². The number of anilines is 1. The third kappa shape index (κ3) is 3.05. The molecule has 0 atom stereocenters. The normalized spacial score (nSPS) is 11.1. The standard InChI is InChI=1S/C11H16N4O/c1-8(12-2)14-10-6-5-9(7-13-10)11(16)15(3)4/h5-7H,1-4H3,(H,12,13,14). The van der Waals surface area contributed by atoms with Gasteiger partial charge < -0.3 is 10.2 Å². The molecule has 1 amide bonds. The zero-order valence-electron chi connectivity index (χ0n) is 9.98. The molecule has 16 heavy (non-hydrogen) atoms. The predicted molar refractivity (Wildman–Crippen MR) is 64.9 cm³/mol. The summed E-state index contributed by atoms with van der Waals surface area (Å²) in [7, 11) is 5.12. The molecule has 0 aliphatic heterocycles. The Morgan fingerprint density at radius 1 is 1.44 bits per heavy atom. The zero-order valence-corrected chi connectivity index (χ0v) is 9.98. The van der Waals surface area contributed by atoms with Gasteiger partial charge in [0, 0.05) is 27.3 Å². The smallest absolute Gasteiger partial charge is 0.254 e. The maximum absolute atomic E-state index is 11.6. The van der Waals surface area contributed by atoms with Crippen molar-refractivity contribution < 1.29 is 4.79 Å². The molecule has 0 fully saturated rings. The topological polar surface area (TPSA) is 57.6 Å². The second-order valence-corrected chi connectivity index (χ2v) is 3.57. The van der Waals surface area contributed by atoms with Crippen molar-refractivity contribution in [1.29, 1.82) is 0 Å². The first-order valence-electron chi connectivity index (χ1n) is 4.92. The van der Waals surface area contributed by atoms with Crippen LogP contribution in [0.3, 0.4) is 0 Å². The van der Waals surface area contributed by atoms with E-state index in [4.69, 9.17) is 0 Å². The van der Waals surface area contributed by atoms with Crippen molar-refractivity contribution in [3.63, 3.8) is 0 Å². The van der Waals surface area contributed by atoms with E-state index in [2.05, 4.69) is 15.3 Å². The molecule has 0 saturated carbocycles. The highest BCUT2D eigenvalue weighted by atomic mass is 16.2. The summed E-state index contributed by atoms with van der Waals surface area (Å²) < 4.78 is 0. The number of carbonyl (C=O) groups is 1. The van der Waals surface area contributed by atoms with E-state index in [1.165, 1.54) is 4.90 Å². The molecule has 1 aromatic rings. The summed E-state index contributed by atoms with van der Waals surface area (Å²) in [5.74, 6) is 1.40. The summed E-state index contributed by atoms with van der Waals surface area (Å²) in [6.07, 6.45) is 1.55. The highest BCUT2D eigenvalue weighted by Gasteiger charge is 2.07. The van der Waals surface area contributed by atoms with E-state index in [0.29, 0.717) is 11.4 Å². The molecule has 1 aromatic heterocycles. The second kappa shape index (κ2) is 5.25. The molecule has 0 radical (unpaired) electrons. The van der Waals surface area contributed by atoms with Crippen molar-refractivity contribution in [1.82, 2.24) is 9.88 Å². The molecule has 1 rings (SSSR count). The summed E-state index contributed by atoms with van der Waals surface area (Å²) in [4.78, 5) is 21.2. The Morgan fingerprint density at radius 2 is 2.12 bits per heavy atom. The number of amidine groups is 1. The average molecular weight is 220 g/mol. The van der Waals surface area contributed by atoms with Gasteiger partial charge in [0.2, 0.25) is 0 Å². The van der Waals surface area contributed by atoms with Crippen molar-refractivity contribution in [2.45, 2.75) is 6.92 Å². The minimum Gasteiger partial charge on any atom is -0.345 e. The SMILES string of the molecule is CN=C(C)Nc1ccc(C(=O)N(C)C)cn1. The maximum Gasteiger partial charge on any atom is 0.254 e. The van der Waals surface area contributed by atoms with E-state index in [1.54, 1.807) is 39.5 Å². The van der Waals surface area contributed by atoms with Crippen molar-refractivity contribution >= 4 is 17.6 Å². The molecular formula is C11H16N4O. The summed E-state index contributed by atoms with van der Waals surface area (Å²) >= 11 is 0. The second-order valence-electron chi connectivity index (χ2n) is 3.57. The number of amides is 1. The number of hydrogen-bond acceptors (Lipinski definition) is 3. The lowest BCUT2D eigenvalue weighted by molar-refractivity contribution is 0.0827. The van der Waals surface area contributed by atoms with Crippen LogP contribution in [0.5, 0.6) is 0 Å². The molecule has 1 heterocycles. The van der Waals surface area contributed by atoms with Crippen LogP contribution in [-0.2, 0) is 0 Å². The molecule has 86 valence electrons. The number of aliphatic imine (C=N–C) groups is 1. The number of nitrogens with zero attached hydrogens (tertiary/aromatic N) is 3. The van der Waals surface area contributed by atoms with E-state index in [9.17, 15) is 4.79 Å². The minimum atomic E-state index is -0.0556. The van der Waals surface area contributed by atoms with Crippen molar-refractivity contribution in [2.24, 2.45) is 4.99 Å². The quantitative estimate of drug-likeness (QED) is 0.602. The first kappa shape index (κ1) is 12.2. The molecule has 0 saturated heterocycles. The van der Waals surface area contributed by atoms with E-state index in [1.807, 2.05) is 6.92 Å². The lowest BCUT2D eigenvalue weighted by Crippen LogP contribution is -2.21. The van der Waals surface area contributed by atoms with Crippen molar-refractivity contribution in [3.05, 3.63) is 23.9 Å². The first-order valence-corrected chi connectivity index (χ1v) is 4.92. The van der Waals surface area contributed by atoms with E-state index in [0.717, 1.165) is 5.84 Å². The van der Waals surface area contributed by atoms with Crippen LogP contribution in [0.4, 0.5) is 5.82 Å². The van der Waals surface area contributed by atoms with Gasteiger partial charge in [0.25, 0.3) is 5.91 Å². The summed E-state index contributed by atoms with van der Waals surface area (Å²) in [6, 6.07) is 3.49. The number of carbonyl (C=O) groups excluding carboxylic acids is 1. The van der Waals surface area contributed by atoms with E-state index < -0.39 is 0 Å². The van der Waals surface area contributed by atoms with Crippen LogP contribution in [0.25, 0.3) is 0 Å². The van der Waals surface area contributed by atoms with Gasteiger partial charge in [-0.1, -0.05) is 0 Å². The highest BCUT2D eigenvalue weighted by Crippen LogP contribution is 2.06. The van der Waals surface area contributed by atoms with Gasteiger partial charge in [0.15, 0.2) is 0 Å². The lowest BCUT2D eigenvalue weighted by Gasteiger charge is -2.10. The van der Waals surface area contributed by atoms with Gasteiger partial charge in [-0.3, -0.25) is 9.79 Å². The average Bonchev–Trinajstić information content (AvgIpc) is 2.28. The summed E-state index contributed by atoms with van der Waals surface area (Å²) in [5.41, 5.74) is 0.571. The third-order valence-electron chi connectivity index (χ3n) is 2.06. The largest absolute Gasteiger partial charge is 0.345 e. The zero-order chi connectivity index (χ0) is 12.1. The Kier molecular flexibility index (Phi) is 3.99. The predicted octanol–water partition coefficient (Wildman–Crippen LogP) is 1.24. The van der Waals surface area contributed by atoms with Crippen molar-refractivity contribution in [3.8, 4) is 0 Å². The summed E-state index contributed by atoms with van der Waals surface area (Å²) in [5, 5.41) is 3.00. The molecule has 0 unspecified atom stereocenters. The fraction of sp³-hybridized carbons (Fsp3) is 0.364. The number of aromatic nitrogens is 1. The number of hydrogen-bond donors (Lipinski definition) is 1. The molecule has 0 aromatic carbocycles. The van der Waals surface area contributed by atoms with Gasteiger partial charge >= 0.3 is 0 Å². The molecule has 0 spiro atoms. The van der Waals surface area contributed by atoms with Crippen LogP contribution in [0.1, 0.15) is 17.3 Å². The Bertz CT molecular complexity index is 395. The van der Waals surface area contributed by atoms with Crippen LogP contribution >= 0.6 is 0 Å². The van der Waals surface area contributed by atoms with Crippen LogP contribution in [0.2, 0.25) is 0 Å². The lowest BCUT2D eigenvalue weighted by atomic mass is 10.2. The van der Waals surface area contributed by atoms with Crippen LogP contribution < -0.4 is 5.32 Å².